The summed E-state index contributed by atoms with van der Waals surface area (Å²) < 4.78 is 68.3. The predicted molar refractivity (Wildman–Crippen MR) is 69.1 cm³/mol. The van der Waals surface area contributed by atoms with Crippen molar-refractivity contribution >= 4 is 10.0 Å². The minimum absolute atomic E-state index is 0.144. The molecule has 6 nitrogen and oxygen atoms in total. The van der Waals surface area contributed by atoms with E-state index in [-0.39, 0.29) is 6.54 Å². The molecule has 0 bridgehead atoms. The lowest BCUT2D eigenvalue weighted by molar-refractivity contribution is -0.137. The first-order valence-electron chi connectivity index (χ1n) is 6.18. The van der Waals surface area contributed by atoms with Gasteiger partial charge in [0.1, 0.15) is 6.26 Å². The van der Waals surface area contributed by atoms with E-state index in [0.717, 1.165) is 6.07 Å². The maximum Gasteiger partial charge on any atom is 0.417 e. The molecule has 0 radical (unpaired) electrons. The molecule has 2 rings (SSSR count). The summed E-state index contributed by atoms with van der Waals surface area (Å²) in [7, 11) is -4.03. The number of rotatable bonds is 5. The number of aryl methyl sites for hydroxylation is 1. The van der Waals surface area contributed by atoms with Crippen LogP contribution in [0.2, 0.25) is 0 Å². The Morgan fingerprint density at radius 2 is 2.05 bits per heavy atom. The van der Waals surface area contributed by atoms with Crippen molar-refractivity contribution in [2.24, 2.45) is 0 Å². The lowest BCUT2D eigenvalue weighted by Crippen LogP contribution is -2.24. The van der Waals surface area contributed by atoms with E-state index in [0.29, 0.717) is 30.3 Å². The van der Waals surface area contributed by atoms with Crippen LogP contribution in [-0.2, 0) is 29.2 Å². The molecule has 0 fully saturated rings. The lowest BCUT2D eigenvalue weighted by Gasteiger charge is -2.07. The maximum atomic E-state index is 12.4. The van der Waals surface area contributed by atoms with Gasteiger partial charge in [0.2, 0.25) is 0 Å². The molecule has 0 aliphatic rings. The second-order valence-electron chi connectivity index (χ2n) is 4.29. The number of aromatic nitrogens is 2. The highest BCUT2D eigenvalue weighted by Crippen LogP contribution is 2.28. The third kappa shape index (κ3) is 3.83. The van der Waals surface area contributed by atoms with Crippen LogP contribution in [0.4, 0.5) is 13.2 Å². The molecule has 0 amide bonds. The minimum atomic E-state index is -4.57. The average molecular weight is 335 g/mol. The number of hydrogen-bond donors (Lipinski definition) is 1. The number of oxazole rings is 1. The fraction of sp³-hybridized carbons (Fsp3) is 0.333. The van der Waals surface area contributed by atoms with Gasteiger partial charge in [-0.1, -0.05) is 6.92 Å². The summed E-state index contributed by atoms with van der Waals surface area (Å²) in [6, 6.07) is 1.46. The fourth-order valence-corrected chi connectivity index (χ4v) is 2.47. The van der Waals surface area contributed by atoms with Gasteiger partial charge in [-0.15, -0.1) is 0 Å². The fourth-order valence-electron chi connectivity index (χ4n) is 1.54. The predicted octanol–water partition coefficient (Wildman–Crippen LogP) is 2.13. The molecule has 10 heteroatoms. The Morgan fingerprint density at radius 1 is 1.32 bits per heavy atom. The standard InChI is InChI=1S/C12H12F3N3O3S/c1-2-10-18-9(7-21-10)6-17-22(19,20)11-4-3-8(5-16-11)12(13,14)15/h3-5,7,17H,2,6H2,1H3. The van der Waals surface area contributed by atoms with Crippen LogP contribution in [0.15, 0.2) is 34.0 Å². The van der Waals surface area contributed by atoms with Crippen molar-refractivity contribution < 1.29 is 26.0 Å². The molecule has 0 unspecified atom stereocenters. The van der Waals surface area contributed by atoms with Gasteiger partial charge in [0.05, 0.1) is 17.8 Å². The molecule has 1 N–H and O–H groups in total. The van der Waals surface area contributed by atoms with Crippen molar-refractivity contribution in [3.05, 3.63) is 41.7 Å². The topological polar surface area (TPSA) is 85.1 Å². The molecule has 0 atom stereocenters. The third-order valence-corrected chi connectivity index (χ3v) is 4.00. The molecule has 0 aliphatic carbocycles. The third-order valence-electron chi connectivity index (χ3n) is 2.68. The average Bonchev–Trinajstić information content (AvgIpc) is 2.93. The zero-order chi connectivity index (χ0) is 16.4. The van der Waals surface area contributed by atoms with Gasteiger partial charge in [-0.2, -0.15) is 13.2 Å². The summed E-state index contributed by atoms with van der Waals surface area (Å²) in [5, 5.41) is -0.500. The van der Waals surface area contributed by atoms with Gasteiger partial charge >= 0.3 is 6.18 Å². The van der Waals surface area contributed by atoms with Gasteiger partial charge < -0.3 is 4.42 Å². The van der Waals surface area contributed by atoms with Gasteiger partial charge in [-0.3, -0.25) is 0 Å². The first-order chi connectivity index (χ1) is 10.2. The molecule has 0 aromatic carbocycles. The second-order valence-corrected chi connectivity index (χ2v) is 6.01. The summed E-state index contributed by atoms with van der Waals surface area (Å²) in [6.45, 7) is 1.68. The van der Waals surface area contributed by atoms with E-state index in [1.165, 1.54) is 6.26 Å². The summed E-state index contributed by atoms with van der Waals surface area (Å²) in [5.74, 6) is 0.460. The van der Waals surface area contributed by atoms with E-state index in [1.54, 1.807) is 0 Å². The van der Waals surface area contributed by atoms with Crippen LogP contribution in [0.25, 0.3) is 0 Å². The number of nitrogens with one attached hydrogen (secondary N) is 1. The first kappa shape index (κ1) is 16.4. The van der Waals surface area contributed by atoms with Crippen LogP contribution in [0.3, 0.4) is 0 Å². The van der Waals surface area contributed by atoms with Gasteiger partial charge in [0.25, 0.3) is 10.0 Å². The summed E-state index contributed by atoms with van der Waals surface area (Å²) in [4.78, 5) is 7.35. The van der Waals surface area contributed by atoms with E-state index in [4.69, 9.17) is 4.42 Å². The van der Waals surface area contributed by atoms with Crippen molar-refractivity contribution in [1.29, 1.82) is 0 Å². The highest BCUT2D eigenvalue weighted by molar-refractivity contribution is 7.89. The van der Waals surface area contributed by atoms with E-state index in [2.05, 4.69) is 14.7 Å². The molecule has 2 heterocycles. The Hall–Kier alpha value is -1.94. The maximum absolute atomic E-state index is 12.4. The van der Waals surface area contributed by atoms with Crippen LogP contribution < -0.4 is 4.72 Å². The van der Waals surface area contributed by atoms with E-state index in [9.17, 15) is 21.6 Å². The molecular formula is C12H12F3N3O3S. The van der Waals surface area contributed by atoms with Crippen molar-refractivity contribution in [3.8, 4) is 0 Å². The van der Waals surface area contributed by atoms with Crippen molar-refractivity contribution in [2.45, 2.75) is 31.1 Å². The summed E-state index contributed by atoms with van der Waals surface area (Å²) >= 11 is 0. The minimum Gasteiger partial charge on any atom is -0.449 e. The smallest absolute Gasteiger partial charge is 0.417 e. The molecule has 0 saturated carbocycles. The second kappa shape index (κ2) is 6.05. The molecule has 2 aromatic heterocycles. The molecule has 0 saturated heterocycles. The summed E-state index contributed by atoms with van der Waals surface area (Å²) in [6.07, 6.45) is -2.23. The van der Waals surface area contributed by atoms with Crippen molar-refractivity contribution in [3.63, 3.8) is 0 Å². The number of nitrogens with zero attached hydrogens (tertiary/aromatic N) is 2. The van der Waals surface area contributed by atoms with Crippen LogP contribution in [0.5, 0.6) is 0 Å². The van der Waals surface area contributed by atoms with Crippen molar-refractivity contribution in [2.75, 3.05) is 0 Å². The van der Waals surface area contributed by atoms with Crippen LogP contribution in [0, 0.1) is 0 Å². The van der Waals surface area contributed by atoms with E-state index in [1.807, 2.05) is 6.92 Å². The Kier molecular flexibility index (Phi) is 4.52. The molecule has 22 heavy (non-hydrogen) atoms. The van der Waals surface area contributed by atoms with Gasteiger partial charge in [-0.25, -0.2) is 23.1 Å². The Morgan fingerprint density at radius 3 is 2.55 bits per heavy atom. The zero-order valence-electron chi connectivity index (χ0n) is 11.4. The van der Waals surface area contributed by atoms with Gasteiger partial charge in [-0.05, 0) is 12.1 Å². The van der Waals surface area contributed by atoms with Crippen LogP contribution in [0.1, 0.15) is 24.1 Å². The van der Waals surface area contributed by atoms with Crippen LogP contribution in [-0.4, -0.2) is 18.4 Å². The highest BCUT2D eigenvalue weighted by atomic mass is 32.2. The molecule has 2 aromatic rings. The molecule has 0 aliphatic heterocycles. The Balaban J connectivity index is 2.09. The number of sulfonamides is 1. The zero-order valence-corrected chi connectivity index (χ0v) is 12.2. The Bertz CT molecular complexity index is 739. The largest absolute Gasteiger partial charge is 0.449 e. The van der Waals surface area contributed by atoms with E-state index >= 15 is 0 Å². The normalized spacial score (nSPS) is 12.5. The van der Waals surface area contributed by atoms with Crippen molar-refractivity contribution in [1.82, 2.24) is 14.7 Å². The highest BCUT2D eigenvalue weighted by Gasteiger charge is 2.31. The van der Waals surface area contributed by atoms with Gasteiger partial charge in [0, 0.05) is 12.6 Å². The monoisotopic (exact) mass is 335 g/mol. The van der Waals surface area contributed by atoms with E-state index < -0.39 is 26.8 Å². The number of halogens is 3. The number of alkyl halides is 3. The molecule has 0 spiro atoms. The molecule has 120 valence electrons. The first-order valence-corrected chi connectivity index (χ1v) is 7.67. The number of hydrogen-bond acceptors (Lipinski definition) is 5. The molecular weight excluding hydrogens is 323 g/mol. The number of pyridine rings is 1. The van der Waals surface area contributed by atoms with Crippen LogP contribution >= 0.6 is 0 Å². The quantitative estimate of drug-likeness (QED) is 0.905. The summed E-state index contributed by atoms with van der Waals surface area (Å²) in [5.41, 5.74) is -0.650. The SMILES string of the molecule is CCc1nc(CNS(=O)(=O)c2ccc(C(F)(F)F)cn2)co1. The van der Waals surface area contributed by atoms with Gasteiger partial charge in [0.15, 0.2) is 10.9 Å². The Labute approximate surface area is 124 Å². The lowest BCUT2D eigenvalue weighted by atomic mass is 10.3.